The summed E-state index contributed by atoms with van der Waals surface area (Å²) in [4.78, 5) is 19.5. The zero-order chi connectivity index (χ0) is 19.5. The summed E-state index contributed by atoms with van der Waals surface area (Å²) in [5.41, 5.74) is 2.99. The number of carbonyl (C=O) groups excluding carboxylic acids is 1. The second kappa shape index (κ2) is 7.86. The van der Waals surface area contributed by atoms with Crippen molar-refractivity contribution < 1.29 is 13.9 Å². The van der Waals surface area contributed by atoms with Crippen LogP contribution in [0.15, 0.2) is 65.3 Å². The van der Waals surface area contributed by atoms with Gasteiger partial charge in [-0.3, -0.25) is 9.69 Å². The summed E-state index contributed by atoms with van der Waals surface area (Å²) in [6.07, 6.45) is 1.89. The van der Waals surface area contributed by atoms with E-state index >= 15 is 0 Å². The number of hydrogen-bond acceptors (Lipinski definition) is 5. The molecule has 0 saturated heterocycles. The average Bonchev–Trinajstić information content (AvgIpc) is 3.35. The Bertz CT molecular complexity index is 1080. The van der Waals surface area contributed by atoms with Crippen molar-refractivity contribution in [1.29, 1.82) is 0 Å². The summed E-state index contributed by atoms with van der Waals surface area (Å²) in [5.74, 6) is 1.46. The summed E-state index contributed by atoms with van der Waals surface area (Å²) in [5, 5.41) is 0.676. The molecule has 0 aliphatic rings. The highest BCUT2D eigenvalue weighted by atomic mass is 32.1. The van der Waals surface area contributed by atoms with Crippen molar-refractivity contribution in [3.05, 3.63) is 77.7 Å². The van der Waals surface area contributed by atoms with Crippen LogP contribution in [-0.2, 0) is 17.8 Å². The van der Waals surface area contributed by atoms with Crippen LogP contribution in [0.5, 0.6) is 5.75 Å². The van der Waals surface area contributed by atoms with Crippen molar-refractivity contribution in [2.45, 2.75) is 19.9 Å². The molecule has 2 heterocycles. The fourth-order valence-corrected chi connectivity index (χ4v) is 4.05. The van der Waals surface area contributed by atoms with E-state index in [0.29, 0.717) is 11.7 Å². The van der Waals surface area contributed by atoms with Gasteiger partial charge in [0.1, 0.15) is 11.5 Å². The highest BCUT2D eigenvalue weighted by molar-refractivity contribution is 7.22. The van der Waals surface area contributed by atoms with Gasteiger partial charge >= 0.3 is 0 Å². The summed E-state index contributed by atoms with van der Waals surface area (Å²) >= 11 is 1.52. The van der Waals surface area contributed by atoms with E-state index in [2.05, 4.69) is 11.1 Å². The number of aryl methyl sites for hydroxylation is 1. The van der Waals surface area contributed by atoms with Crippen LogP contribution in [-0.4, -0.2) is 18.0 Å². The van der Waals surface area contributed by atoms with Crippen LogP contribution in [0.1, 0.15) is 16.9 Å². The Kier molecular flexibility index (Phi) is 5.12. The molecule has 4 rings (SSSR count). The lowest BCUT2D eigenvalue weighted by Gasteiger charge is -2.19. The molecule has 0 atom stereocenters. The molecule has 2 aromatic heterocycles. The number of ether oxygens (including phenoxy) is 1. The molecule has 0 saturated carbocycles. The maximum Gasteiger partial charge on any atom is 0.233 e. The van der Waals surface area contributed by atoms with E-state index in [1.54, 1.807) is 18.3 Å². The van der Waals surface area contributed by atoms with E-state index in [4.69, 9.17) is 9.15 Å². The van der Waals surface area contributed by atoms with Crippen molar-refractivity contribution >= 4 is 32.6 Å². The maximum absolute atomic E-state index is 13.2. The molecule has 1 amide bonds. The highest BCUT2D eigenvalue weighted by Crippen LogP contribution is 2.31. The van der Waals surface area contributed by atoms with Crippen molar-refractivity contribution in [3.8, 4) is 5.75 Å². The molecule has 0 spiro atoms. The van der Waals surface area contributed by atoms with E-state index in [1.807, 2.05) is 55.5 Å². The summed E-state index contributed by atoms with van der Waals surface area (Å²) in [7, 11) is 1.63. The van der Waals surface area contributed by atoms with Gasteiger partial charge in [0.05, 0.1) is 36.6 Å². The molecule has 0 radical (unpaired) electrons. The molecule has 0 N–H and O–H groups in total. The predicted octanol–water partition coefficient (Wildman–Crippen LogP) is 4.98. The van der Waals surface area contributed by atoms with Crippen molar-refractivity contribution in [2.75, 3.05) is 12.0 Å². The molecular formula is C22H20N2O3S. The largest absolute Gasteiger partial charge is 0.497 e. The number of aromatic nitrogens is 1. The smallest absolute Gasteiger partial charge is 0.233 e. The van der Waals surface area contributed by atoms with E-state index < -0.39 is 0 Å². The van der Waals surface area contributed by atoms with Crippen LogP contribution in [0.3, 0.4) is 0 Å². The second-order valence-corrected chi connectivity index (χ2v) is 7.56. The van der Waals surface area contributed by atoms with Crippen molar-refractivity contribution in [3.63, 3.8) is 0 Å². The summed E-state index contributed by atoms with van der Waals surface area (Å²) in [6.45, 7) is 2.40. The van der Waals surface area contributed by atoms with Crippen LogP contribution in [0.4, 0.5) is 5.13 Å². The molecule has 5 nitrogen and oxygen atoms in total. The fraction of sp³-hybridized carbons (Fsp3) is 0.182. The monoisotopic (exact) mass is 392 g/mol. The van der Waals surface area contributed by atoms with E-state index in [9.17, 15) is 4.79 Å². The van der Waals surface area contributed by atoms with Gasteiger partial charge in [0.15, 0.2) is 5.13 Å². The Morgan fingerprint density at radius 3 is 2.71 bits per heavy atom. The lowest BCUT2D eigenvalue weighted by atomic mass is 10.1. The van der Waals surface area contributed by atoms with Gasteiger partial charge in [0.25, 0.3) is 0 Å². The van der Waals surface area contributed by atoms with Crippen LogP contribution in [0, 0.1) is 6.92 Å². The number of nitrogens with zero attached hydrogens (tertiary/aromatic N) is 2. The van der Waals surface area contributed by atoms with E-state index in [-0.39, 0.29) is 12.3 Å². The minimum atomic E-state index is -0.0302. The molecule has 0 bridgehead atoms. The number of fused-ring (bicyclic) bond motifs is 1. The first-order chi connectivity index (χ1) is 13.6. The molecular weight excluding hydrogens is 372 g/mol. The molecule has 0 fully saturated rings. The minimum Gasteiger partial charge on any atom is -0.497 e. The molecule has 6 heteroatoms. The van der Waals surface area contributed by atoms with Crippen LogP contribution < -0.4 is 9.64 Å². The van der Waals surface area contributed by atoms with Crippen LogP contribution >= 0.6 is 11.3 Å². The lowest BCUT2D eigenvalue weighted by molar-refractivity contribution is -0.118. The topological polar surface area (TPSA) is 55.6 Å². The zero-order valence-electron chi connectivity index (χ0n) is 15.7. The van der Waals surface area contributed by atoms with Crippen molar-refractivity contribution in [2.24, 2.45) is 0 Å². The van der Waals surface area contributed by atoms with Gasteiger partial charge in [-0.1, -0.05) is 29.5 Å². The van der Waals surface area contributed by atoms with Crippen LogP contribution in [0.25, 0.3) is 10.2 Å². The Labute approximate surface area is 167 Å². The number of anilines is 1. The summed E-state index contributed by atoms with van der Waals surface area (Å²) < 4.78 is 11.7. The Morgan fingerprint density at radius 2 is 2.00 bits per heavy atom. The quantitative estimate of drug-likeness (QED) is 0.464. The van der Waals surface area contributed by atoms with Gasteiger partial charge in [0, 0.05) is 0 Å². The standard InChI is InChI=1S/C22H20N2O3S/c1-15-5-10-19-20(12-15)28-22(23-19)24(14-18-4-3-11-27-18)21(25)13-16-6-8-17(26-2)9-7-16/h3-12H,13-14H2,1-2H3. The third-order valence-electron chi connectivity index (χ3n) is 4.47. The normalized spacial score (nSPS) is 10.9. The Morgan fingerprint density at radius 1 is 1.18 bits per heavy atom. The maximum atomic E-state index is 13.2. The molecule has 0 aliphatic carbocycles. The van der Waals surface area contributed by atoms with Gasteiger partial charge in [-0.25, -0.2) is 4.98 Å². The van der Waals surface area contributed by atoms with Crippen molar-refractivity contribution in [1.82, 2.24) is 4.98 Å². The SMILES string of the molecule is COc1ccc(CC(=O)N(Cc2ccco2)c2nc3ccc(C)cc3s2)cc1. The Balaban J connectivity index is 1.64. The molecule has 4 aromatic rings. The van der Waals surface area contributed by atoms with E-state index in [0.717, 1.165) is 27.3 Å². The van der Waals surface area contributed by atoms with Gasteiger partial charge < -0.3 is 9.15 Å². The molecule has 142 valence electrons. The third-order valence-corrected chi connectivity index (χ3v) is 5.51. The van der Waals surface area contributed by atoms with Gasteiger partial charge in [-0.2, -0.15) is 0 Å². The number of methoxy groups -OCH3 is 1. The predicted molar refractivity (Wildman–Crippen MR) is 111 cm³/mol. The van der Waals surface area contributed by atoms with Gasteiger partial charge in [0.2, 0.25) is 5.91 Å². The number of thiazole rings is 1. The molecule has 0 unspecified atom stereocenters. The average molecular weight is 392 g/mol. The van der Waals surface area contributed by atoms with Gasteiger partial charge in [-0.15, -0.1) is 0 Å². The Hall–Kier alpha value is -3.12. The van der Waals surface area contributed by atoms with Gasteiger partial charge in [-0.05, 0) is 54.4 Å². The van der Waals surface area contributed by atoms with Crippen LogP contribution in [0.2, 0.25) is 0 Å². The zero-order valence-corrected chi connectivity index (χ0v) is 16.5. The fourth-order valence-electron chi connectivity index (χ4n) is 2.97. The highest BCUT2D eigenvalue weighted by Gasteiger charge is 2.21. The first-order valence-electron chi connectivity index (χ1n) is 8.95. The first-order valence-corrected chi connectivity index (χ1v) is 9.77. The molecule has 0 aliphatic heterocycles. The molecule has 28 heavy (non-hydrogen) atoms. The minimum absolute atomic E-state index is 0.0302. The van der Waals surface area contributed by atoms with E-state index in [1.165, 1.54) is 16.9 Å². The third kappa shape index (κ3) is 3.92. The summed E-state index contributed by atoms with van der Waals surface area (Å²) in [6, 6.07) is 17.3. The number of furan rings is 1. The number of amides is 1. The number of hydrogen-bond donors (Lipinski definition) is 0. The second-order valence-electron chi connectivity index (χ2n) is 6.55. The number of benzene rings is 2. The first kappa shape index (κ1) is 18.3. The molecule has 2 aromatic carbocycles. The number of rotatable bonds is 6. The number of carbonyl (C=O) groups is 1. The lowest BCUT2D eigenvalue weighted by Crippen LogP contribution is -2.31.